The highest BCUT2D eigenvalue weighted by Crippen LogP contribution is 2.41. The molecule has 0 atom stereocenters. The molecule has 0 aliphatic carbocycles. The SMILES string of the molecule is COCc1cc(C(c2cc(CCO)c(O)c(CCO)c2)c2cc(COC)c(O)c(COC)c2)cc(COC)c1O. The highest BCUT2D eigenvalue weighted by molar-refractivity contribution is 5.56. The molecule has 3 aromatic carbocycles. The van der Waals surface area contributed by atoms with Crippen LogP contribution in [0.15, 0.2) is 36.4 Å². The largest absolute Gasteiger partial charge is 0.507 e. The number of rotatable bonds is 15. The first-order valence-corrected chi connectivity index (χ1v) is 13.0. The maximum absolute atomic E-state index is 10.9. The Balaban J connectivity index is 2.41. The van der Waals surface area contributed by atoms with Gasteiger partial charge in [-0.3, -0.25) is 0 Å². The number of aliphatic hydroxyl groups is 2. The van der Waals surface area contributed by atoms with Gasteiger partial charge in [0.15, 0.2) is 0 Å². The first-order chi connectivity index (χ1) is 19.3. The summed E-state index contributed by atoms with van der Waals surface area (Å²) >= 11 is 0. The summed E-state index contributed by atoms with van der Waals surface area (Å²) < 4.78 is 21.5. The first-order valence-electron chi connectivity index (χ1n) is 13.0. The van der Waals surface area contributed by atoms with Crippen LogP contribution in [0.1, 0.15) is 56.0 Å². The molecule has 5 N–H and O–H groups in total. The maximum atomic E-state index is 10.9. The molecule has 0 amide bonds. The van der Waals surface area contributed by atoms with Crippen molar-refractivity contribution in [2.45, 2.75) is 45.2 Å². The number of aliphatic hydroxyl groups excluding tert-OH is 2. The van der Waals surface area contributed by atoms with Crippen LogP contribution < -0.4 is 0 Å². The van der Waals surface area contributed by atoms with Crippen molar-refractivity contribution in [1.29, 1.82) is 0 Å². The molecule has 40 heavy (non-hydrogen) atoms. The number of ether oxygens (including phenoxy) is 4. The maximum Gasteiger partial charge on any atom is 0.126 e. The van der Waals surface area contributed by atoms with E-state index in [-0.39, 0.29) is 69.7 Å². The average Bonchev–Trinajstić information content (AvgIpc) is 2.92. The Bertz CT molecular complexity index is 1030. The third kappa shape index (κ3) is 7.11. The lowest BCUT2D eigenvalue weighted by atomic mass is 9.80. The van der Waals surface area contributed by atoms with Crippen LogP contribution in [0, 0.1) is 0 Å². The van der Waals surface area contributed by atoms with E-state index in [9.17, 15) is 25.5 Å². The van der Waals surface area contributed by atoms with Gasteiger partial charge in [0.25, 0.3) is 0 Å². The number of phenolic OH excluding ortho intramolecular Hbond substituents is 3. The molecular weight excluding hydrogens is 516 g/mol. The van der Waals surface area contributed by atoms with Crippen LogP contribution in [0.5, 0.6) is 17.2 Å². The molecule has 0 bridgehead atoms. The molecule has 218 valence electrons. The van der Waals surface area contributed by atoms with Gasteiger partial charge in [-0.05, 0) is 64.9 Å². The zero-order valence-corrected chi connectivity index (χ0v) is 23.6. The van der Waals surface area contributed by atoms with Crippen molar-refractivity contribution in [3.8, 4) is 17.2 Å². The normalized spacial score (nSPS) is 11.5. The predicted molar refractivity (Wildman–Crippen MR) is 150 cm³/mol. The van der Waals surface area contributed by atoms with Gasteiger partial charge < -0.3 is 44.5 Å². The Labute approximate surface area is 235 Å². The number of phenols is 3. The van der Waals surface area contributed by atoms with Gasteiger partial charge in [-0.1, -0.05) is 12.1 Å². The molecule has 3 rings (SSSR count). The Hall–Kier alpha value is -3.18. The Morgan fingerprint density at radius 1 is 0.475 bits per heavy atom. The van der Waals surface area contributed by atoms with Crippen molar-refractivity contribution in [3.63, 3.8) is 0 Å². The minimum atomic E-state index is -0.450. The Morgan fingerprint density at radius 3 is 0.975 bits per heavy atom. The monoisotopic (exact) mass is 556 g/mol. The molecule has 0 aliphatic heterocycles. The van der Waals surface area contributed by atoms with Crippen molar-refractivity contribution in [2.75, 3.05) is 41.7 Å². The molecule has 0 radical (unpaired) electrons. The van der Waals surface area contributed by atoms with E-state index in [1.54, 1.807) is 28.4 Å². The first kappa shape index (κ1) is 31.3. The molecule has 3 aromatic rings. The van der Waals surface area contributed by atoms with Crippen LogP contribution in [-0.2, 0) is 58.2 Å². The van der Waals surface area contributed by atoms with Gasteiger partial charge in [-0.15, -0.1) is 0 Å². The Morgan fingerprint density at radius 2 is 0.725 bits per heavy atom. The van der Waals surface area contributed by atoms with Crippen LogP contribution in [0.3, 0.4) is 0 Å². The van der Waals surface area contributed by atoms with Crippen molar-refractivity contribution in [1.82, 2.24) is 0 Å². The van der Waals surface area contributed by atoms with Gasteiger partial charge in [-0.25, -0.2) is 0 Å². The van der Waals surface area contributed by atoms with Crippen molar-refractivity contribution in [2.24, 2.45) is 0 Å². The molecule has 0 saturated carbocycles. The van der Waals surface area contributed by atoms with E-state index in [0.29, 0.717) is 33.4 Å². The van der Waals surface area contributed by atoms with Gasteiger partial charge in [0, 0.05) is 69.8 Å². The van der Waals surface area contributed by atoms with Gasteiger partial charge in [0.05, 0.1) is 26.4 Å². The van der Waals surface area contributed by atoms with E-state index in [1.807, 2.05) is 36.4 Å². The molecule has 0 fully saturated rings. The number of hydrogen-bond acceptors (Lipinski definition) is 9. The molecule has 0 unspecified atom stereocenters. The number of aromatic hydroxyl groups is 3. The lowest BCUT2D eigenvalue weighted by Gasteiger charge is -2.25. The van der Waals surface area contributed by atoms with E-state index in [4.69, 9.17) is 18.9 Å². The molecule has 0 aliphatic rings. The minimum Gasteiger partial charge on any atom is -0.507 e. The second-order valence-corrected chi connectivity index (χ2v) is 9.68. The van der Waals surface area contributed by atoms with Crippen LogP contribution in [-0.4, -0.2) is 67.2 Å². The smallest absolute Gasteiger partial charge is 0.126 e. The van der Waals surface area contributed by atoms with E-state index < -0.39 is 5.92 Å². The minimum absolute atomic E-state index is 0.0438. The summed E-state index contributed by atoms with van der Waals surface area (Å²) in [6.07, 6.45) is 0.452. The summed E-state index contributed by atoms with van der Waals surface area (Å²) in [5.74, 6) is -0.231. The van der Waals surface area contributed by atoms with E-state index >= 15 is 0 Å². The van der Waals surface area contributed by atoms with Gasteiger partial charge in [-0.2, -0.15) is 0 Å². The topological polar surface area (TPSA) is 138 Å². The third-order valence-corrected chi connectivity index (χ3v) is 6.83. The van der Waals surface area contributed by atoms with E-state index in [2.05, 4.69) is 0 Å². The highest BCUT2D eigenvalue weighted by atomic mass is 16.5. The predicted octanol–water partition coefficient (Wildman–Crippen LogP) is 3.64. The number of methoxy groups -OCH3 is 4. The molecule has 9 nitrogen and oxygen atoms in total. The fourth-order valence-electron chi connectivity index (χ4n) is 5.12. The number of benzene rings is 3. The third-order valence-electron chi connectivity index (χ3n) is 6.83. The van der Waals surface area contributed by atoms with Gasteiger partial charge in [0.2, 0.25) is 0 Å². The lowest BCUT2D eigenvalue weighted by Crippen LogP contribution is -2.10. The van der Waals surface area contributed by atoms with E-state index in [1.165, 1.54) is 0 Å². The van der Waals surface area contributed by atoms with Crippen LogP contribution in [0.4, 0.5) is 0 Å². The molecule has 0 aromatic heterocycles. The summed E-state index contributed by atoms with van der Waals surface area (Å²) in [6, 6.07) is 11.2. The van der Waals surface area contributed by atoms with Crippen LogP contribution >= 0.6 is 0 Å². The van der Waals surface area contributed by atoms with E-state index in [0.717, 1.165) is 16.7 Å². The lowest BCUT2D eigenvalue weighted by molar-refractivity contribution is 0.174. The summed E-state index contributed by atoms with van der Waals surface area (Å²) in [5, 5.41) is 52.1. The quantitative estimate of drug-likeness (QED) is 0.178. The fraction of sp³-hybridized carbons (Fsp3) is 0.419. The van der Waals surface area contributed by atoms with Crippen molar-refractivity contribution >= 4 is 0 Å². The molecule has 9 heteroatoms. The molecule has 0 saturated heterocycles. The molecular formula is C31H40O9. The molecule has 0 spiro atoms. The van der Waals surface area contributed by atoms with Gasteiger partial charge in [0.1, 0.15) is 17.2 Å². The highest BCUT2D eigenvalue weighted by Gasteiger charge is 2.25. The summed E-state index contributed by atoms with van der Waals surface area (Å²) in [6.45, 7) is 0.357. The summed E-state index contributed by atoms with van der Waals surface area (Å²) in [4.78, 5) is 0. The van der Waals surface area contributed by atoms with Crippen molar-refractivity contribution in [3.05, 3.63) is 86.5 Å². The Kier molecular flexibility index (Phi) is 11.8. The number of hydrogen-bond donors (Lipinski definition) is 5. The fourth-order valence-corrected chi connectivity index (χ4v) is 5.12. The average molecular weight is 557 g/mol. The zero-order valence-electron chi connectivity index (χ0n) is 23.6. The van der Waals surface area contributed by atoms with Crippen LogP contribution in [0.25, 0.3) is 0 Å². The van der Waals surface area contributed by atoms with Gasteiger partial charge >= 0.3 is 0 Å². The summed E-state index contributed by atoms with van der Waals surface area (Å²) in [7, 11) is 6.21. The second-order valence-electron chi connectivity index (χ2n) is 9.68. The van der Waals surface area contributed by atoms with Crippen LogP contribution in [0.2, 0.25) is 0 Å². The second kappa shape index (κ2) is 15.0. The summed E-state index contributed by atoms with van der Waals surface area (Å²) in [5.41, 5.74) is 5.83. The standard InChI is InChI=1S/C31H40O9/c1-37-15-24-11-22(12-25(16-38-2)30(24)35)28(21-9-19(5-7-32)29(34)20(10-21)6-8-33)23-13-26(17-39-3)31(36)27(14-23)18-40-4/h9-14,28,32-36H,5-8,15-18H2,1-4H3. The zero-order chi connectivity index (χ0) is 29.2. The molecule has 0 heterocycles. The van der Waals surface area contributed by atoms with Crippen molar-refractivity contribution < 1.29 is 44.5 Å².